The quantitative estimate of drug-likeness (QED) is 0.415. The average molecular weight is 532 g/mol. The lowest BCUT2D eigenvalue weighted by Crippen LogP contribution is -2.53. The van der Waals surface area contributed by atoms with Crippen LogP contribution < -0.4 is 14.4 Å². The Hall–Kier alpha value is -3.07. The van der Waals surface area contributed by atoms with Crippen LogP contribution in [0, 0.1) is 0 Å². The van der Waals surface area contributed by atoms with Crippen molar-refractivity contribution in [1.82, 2.24) is 10.2 Å². The summed E-state index contributed by atoms with van der Waals surface area (Å²) >= 11 is 0. The Morgan fingerprint density at radius 1 is 1.00 bits per heavy atom. The molecular formula is C28H41N3O5S. The van der Waals surface area contributed by atoms with E-state index in [4.69, 9.17) is 4.74 Å². The SMILES string of the molecule is CCOc1ccc(N(CCCC(=O)N(Cc2ccccc2)C(CC)C(=O)NC(C)(C)C)S(C)(=O)=O)cc1. The molecule has 0 spiro atoms. The first kappa shape index (κ1) is 30.2. The number of rotatable bonds is 13. The third-order valence-electron chi connectivity index (χ3n) is 5.67. The summed E-state index contributed by atoms with van der Waals surface area (Å²) in [6.07, 6.45) is 2.02. The van der Waals surface area contributed by atoms with E-state index in [1.807, 2.05) is 65.0 Å². The van der Waals surface area contributed by atoms with Crippen LogP contribution in [0.15, 0.2) is 54.6 Å². The molecule has 1 unspecified atom stereocenters. The molecule has 9 heteroatoms. The van der Waals surface area contributed by atoms with E-state index in [-0.39, 0.29) is 24.8 Å². The van der Waals surface area contributed by atoms with Crippen molar-refractivity contribution in [2.75, 3.05) is 23.7 Å². The minimum Gasteiger partial charge on any atom is -0.494 e. The molecule has 0 saturated heterocycles. The first-order valence-corrected chi connectivity index (χ1v) is 14.6. The monoisotopic (exact) mass is 531 g/mol. The molecule has 0 saturated carbocycles. The third-order valence-corrected chi connectivity index (χ3v) is 6.86. The van der Waals surface area contributed by atoms with Gasteiger partial charge in [0.2, 0.25) is 21.8 Å². The van der Waals surface area contributed by atoms with Crippen LogP contribution in [-0.4, -0.2) is 56.1 Å². The summed E-state index contributed by atoms with van der Waals surface area (Å²) in [4.78, 5) is 28.2. The van der Waals surface area contributed by atoms with Crippen molar-refractivity contribution in [1.29, 1.82) is 0 Å². The van der Waals surface area contributed by atoms with Crippen LogP contribution in [-0.2, 0) is 26.2 Å². The van der Waals surface area contributed by atoms with Crippen LogP contribution in [0.5, 0.6) is 5.75 Å². The zero-order chi connectivity index (χ0) is 27.6. The maximum Gasteiger partial charge on any atom is 0.243 e. The summed E-state index contributed by atoms with van der Waals surface area (Å²) in [7, 11) is -3.56. The number of amides is 2. The van der Waals surface area contributed by atoms with Crippen molar-refractivity contribution >= 4 is 27.5 Å². The summed E-state index contributed by atoms with van der Waals surface area (Å²) in [6, 6.07) is 15.7. The molecule has 2 amide bonds. The van der Waals surface area contributed by atoms with E-state index >= 15 is 0 Å². The lowest BCUT2D eigenvalue weighted by atomic mass is 10.0. The van der Waals surface area contributed by atoms with Crippen LogP contribution >= 0.6 is 0 Å². The van der Waals surface area contributed by atoms with Gasteiger partial charge in [-0.3, -0.25) is 13.9 Å². The van der Waals surface area contributed by atoms with E-state index in [0.717, 1.165) is 11.8 Å². The summed E-state index contributed by atoms with van der Waals surface area (Å²) in [6.45, 7) is 10.4. The Balaban J connectivity index is 2.19. The van der Waals surface area contributed by atoms with Gasteiger partial charge in [-0.1, -0.05) is 37.3 Å². The molecule has 8 nitrogen and oxygen atoms in total. The maximum atomic E-state index is 13.5. The van der Waals surface area contributed by atoms with Crippen LogP contribution in [0.2, 0.25) is 0 Å². The van der Waals surface area contributed by atoms with Gasteiger partial charge in [-0.2, -0.15) is 0 Å². The molecule has 2 aromatic carbocycles. The van der Waals surface area contributed by atoms with Gasteiger partial charge in [0.05, 0.1) is 18.6 Å². The second-order valence-electron chi connectivity index (χ2n) is 10.0. The number of hydrogen-bond donors (Lipinski definition) is 1. The van der Waals surface area contributed by atoms with Crippen molar-refractivity contribution < 1.29 is 22.7 Å². The van der Waals surface area contributed by atoms with Gasteiger partial charge in [0, 0.05) is 25.0 Å². The molecule has 37 heavy (non-hydrogen) atoms. The van der Waals surface area contributed by atoms with Crippen LogP contribution in [0.25, 0.3) is 0 Å². The topological polar surface area (TPSA) is 96.0 Å². The Kier molecular flexibility index (Phi) is 11.0. The Labute approximate surface area is 222 Å². The zero-order valence-corrected chi connectivity index (χ0v) is 23.7. The van der Waals surface area contributed by atoms with Crippen molar-refractivity contribution in [3.63, 3.8) is 0 Å². The number of carbonyl (C=O) groups is 2. The first-order chi connectivity index (χ1) is 17.4. The molecule has 0 aliphatic heterocycles. The number of sulfonamides is 1. The van der Waals surface area contributed by atoms with Crippen LogP contribution in [0.1, 0.15) is 59.4 Å². The number of anilines is 1. The van der Waals surface area contributed by atoms with E-state index in [1.165, 1.54) is 4.31 Å². The van der Waals surface area contributed by atoms with Crippen molar-refractivity contribution in [3.05, 3.63) is 60.2 Å². The molecule has 0 aromatic heterocycles. The molecule has 204 valence electrons. The molecule has 0 fully saturated rings. The second kappa shape index (κ2) is 13.5. The number of benzene rings is 2. The van der Waals surface area contributed by atoms with Crippen LogP contribution in [0.3, 0.4) is 0 Å². The van der Waals surface area contributed by atoms with E-state index < -0.39 is 21.6 Å². The Morgan fingerprint density at radius 2 is 1.62 bits per heavy atom. The fourth-order valence-corrected chi connectivity index (χ4v) is 5.00. The summed E-state index contributed by atoms with van der Waals surface area (Å²) < 4.78 is 31.8. The molecule has 1 N–H and O–H groups in total. The van der Waals surface area contributed by atoms with Gasteiger partial charge in [0.1, 0.15) is 11.8 Å². The molecule has 2 rings (SSSR count). The molecule has 1 atom stereocenters. The van der Waals surface area contributed by atoms with E-state index in [9.17, 15) is 18.0 Å². The normalized spacial score (nSPS) is 12.5. The van der Waals surface area contributed by atoms with E-state index in [1.54, 1.807) is 29.2 Å². The molecule has 0 aliphatic carbocycles. The predicted octanol–water partition coefficient (Wildman–Crippen LogP) is 4.35. The Morgan fingerprint density at radius 3 is 2.14 bits per heavy atom. The predicted molar refractivity (Wildman–Crippen MR) is 148 cm³/mol. The average Bonchev–Trinajstić information content (AvgIpc) is 2.81. The van der Waals surface area contributed by atoms with Gasteiger partial charge in [0.15, 0.2) is 0 Å². The van der Waals surface area contributed by atoms with Crippen LogP contribution in [0.4, 0.5) is 5.69 Å². The number of ether oxygens (including phenoxy) is 1. The number of carbonyl (C=O) groups excluding carboxylic acids is 2. The maximum absolute atomic E-state index is 13.5. The highest BCUT2D eigenvalue weighted by atomic mass is 32.2. The van der Waals surface area contributed by atoms with E-state index in [2.05, 4.69) is 5.32 Å². The molecule has 2 aromatic rings. The van der Waals surface area contributed by atoms with Gasteiger partial charge in [-0.15, -0.1) is 0 Å². The highest BCUT2D eigenvalue weighted by molar-refractivity contribution is 7.92. The standard InChI is InChI=1S/C28H41N3O5S/c1-7-25(27(33)29-28(3,4)5)30(21-22-13-10-9-11-14-22)26(32)15-12-20-31(37(6,34)35)23-16-18-24(19-17-23)36-8-2/h9-11,13-14,16-19,25H,7-8,12,15,20-21H2,1-6H3,(H,29,33). The van der Waals surface area contributed by atoms with Crippen molar-refractivity contribution in [3.8, 4) is 5.75 Å². The summed E-state index contributed by atoms with van der Waals surface area (Å²) in [5, 5.41) is 2.99. The lowest BCUT2D eigenvalue weighted by molar-refractivity contribution is -0.142. The summed E-state index contributed by atoms with van der Waals surface area (Å²) in [5.41, 5.74) is 1.00. The van der Waals surface area contributed by atoms with Gasteiger partial charge in [-0.25, -0.2) is 8.42 Å². The molecule has 0 bridgehead atoms. The van der Waals surface area contributed by atoms with Gasteiger partial charge >= 0.3 is 0 Å². The fourth-order valence-electron chi connectivity index (χ4n) is 4.03. The van der Waals surface area contributed by atoms with Crippen molar-refractivity contribution in [2.24, 2.45) is 0 Å². The zero-order valence-electron chi connectivity index (χ0n) is 22.9. The molecular weight excluding hydrogens is 490 g/mol. The number of nitrogens with one attached hydrogen (secondary N) is 1. The van der Waals surface area contributed by atoms with E-state index in [0.29, 0.717) is 37.4 Å². The van der Waals surface area contributed by atoms with Gasteiger partial charge in [-0.05, 0) is 70.4 Å². The highest BCUT2D eigenvalue weighted by Gasteiger charge is 2.30. The molecule has 0 radical (unpaired) electrons. The molecule has 0 heterocycles. The minimum atomic E-state index is -3.56. The fraction of sp³-hybridized carbons (Fsp3) is 0.500. The third kappa shape index (κ3) is 9.72. The highest BCUT2D eigenvalue weighted by Crippen LogP contribution is 2.23. The first-order valence-electron chi connectivity index (χ1n) is 12.7. The largest absolute Gasteiger partial charge is 0.494 e. The number of nitrogens with zero attached hydrogens (tertiary/aromatic N) is 2. The Bertz CT molecular complexity index is 1110. The van der Waals surface area contributed by atoms with Crippen molar-refractivity contribution in [2.45, 2.75) is 72.0 Å². The summed E-state index contributed by atoms with van der Waals surface area (Å²) in [5.74, 6) is 0.261. The lowest BCUT2D eigenvalue weighted by Gasteiger charge is -2.33. The number of hydrogen-bond acceptors (Lipinski definition) is 5. The molecule has 0 aliphatic rings. The second-order valence-corrected chi connectivity index (χ2v) is 11.9. The minimum absolute atomic E-state index is 0.106. The smallest absolute Gasteiger partial charge is 0.243 e. The van der Waals surface area contributed by atoms with Gasteiger partial charge in [0.25, 0.3) is 0 Å². The van der Waals surface area contributed by atoms with Gasteiger partial charge < -0.3 is 15.0 Å².